The van der Waals surface area contributed by atoms with Crippen LogP contribution in [0.25, 0.3) is 5.69 Å². The second-order valence-electron chi connectivity index (χ2n) is 4.61. The Kier molecular flexibility index (Phi) is 5.00. The lowest BCUT2D eigenvalue weighted by Crippen LogP contribution is -2.06. The van der Waals surface area contributed by atoms with Crippen LogP contribution in [0.1, 0.15) is 25.6 Å². The molecule has 0 saturated heterocycles. The van der Waals surface area contributed by atoms with Gasteiger partial charge in [0.25, 0.3) is 0 Å². The van der Waals surface area contributed by atoms with E-state index in [9.17, 15) is 9.18 Å². The number of thioether (sulfide) groups is 1. The lowest BCUT2D eigenvalue weighted by atomic mass is 10.2. The molecule has 0 amide bonds. The van der Waals surface area contributed by atoms with Crippen LogP contribution in [0.15, 0.2) is 27.8 Å². The second-order valence-corrected chi connectivity index (χ2v) is 6.41. The van der Waals surface area contributed by atoms with Crippen molar-refractivity contribution in [1.29, 1.82) is 0 Å². The summed E-state index contributed by atoms with van der Waals surface area (Å²) in [7, 11) is 0. The van der Waals surface area contributed by atoms with Crippen LogP contribution in [-0.4, -0.2) is 31.6 Å². The molecule has 0 unspecified atom stereocenters. The predicted molar refractivity (Wildman–Crippen MR) is 81.5 cm³/mol. The van der Waals surface area contributed by atoms with Crippen molar-refractivity contribution < 1.29 is 14.3 Å². The molecule has 5 nitrogen and oxygen atoms in total. The van der Waals surface area contributed by atoms with Gasteiger partial charge in [0.2, 0.25) is 0 Å². The highest BCUT2D eigenvalue weighted by molar-refractivity contribution is 9.10. The Balaban J connectivity index is 2.49. The third kappa shape index (κ3) is 3.62. The largest absolute Gasteiger partial charge is 0.481 e. The molecular weight excluding hydrogens is 361 g/mol. The molecule has 8 heteroatoms. The zero-order valence-corrected chi connectivity index (χ0v) is 13.8. The minimum absolute atomic E-state index is 0.0977. The Bertz CT molecular complexity index is 675. The molecule has 0 spiro atoms. The van der Waals surface area contributed by atoms with E-state index in [1.165, 1.54) is 6.07 Å². The summed E-state index contributed by atoms with van der Waals surface area (Å²) in [6.45, 7) is 3.93. The number of rotatable bonds is 5. The van der Waals surface area contributed by atoms with Crippen molar-refractivity contribution in [3.05, 3.63) is 34.3 Å². The molecule has 0 atom stereocenters. The molecule has 1 aromatic carbocycles. The van der Waals surface area contributed by atoms with Gasteiger partial charge >= 0.3 is 5.97 Å². The first kappa shape index (κ1) is 16.0. The summed E-state index contributed by atoms with van der Waals surface area (Å²) >= 11 is 4.23. The van der Waals surface area contributed by atoms with Gasteiger partial charge in [0, 0.05) is 5.92 Å². The Hall–Kier alpha value is -1.41. The van der Waals surface area contributed by atoms with Gasteiger partial charge in [0.1, 0.15) is 11.6 Å². The molecule has 0 aliphatic heterocycles. The zero-order chi connectivity index (χ0) is 15.6. The van der Waals surface area contributed by atoms with Crippen LogP contribution >= 0.6 is 27.7 Å². The molecule has 1 heterocycles. The van der Waals surface area contributed by atoms with Gasteiger partial charge < -0.3 is 5.11 Å². The monoisotopic (exact) mass is 373 g/mol. The lowest BCUT2D eigenvalue weighted by Gasteiger charge is -2.12. The number of nitrogens with zero attached hydrogens (tertiary/aromatic N) is 3. The minimum Gasteiger partial charge on any atom is -0.481 e. The number of carbonyl (C=O) groups is 1. The van der Waals surface area contributed by atoms with Gasteiger partial charge in [0.15, 0.2) is 5.16 Å². The van der Waals surface area contributed by atoms with E-state index < -0.39 is 5.97 Å². The SMILES string of the molecule is CC(C)c1nnc(SCC(=O)O)n1-c1ccc(F)c(Br)c1. The fraction of sp³-hybridized carbons (Fsp3) is 0.308. The number of aliphatic carboxylic acids is 1. The van der Waals surface area contributed by atoms with E-state index in [-0.39, 0.29) is 17.5 Å². The summed E-state index contributed by atoms with van der Waals surface area (Å²) in [6, 6.07) is 4.57. The van der Waals surface area contributed by atoms with E-state index in [1.807, 2.05) is 13.8 Å². The Morgan fingerprint density at radius 3 is 2.76 bits per heavy atom. The second kappa shape index (κ2) is 6.57. The van der Waals surface area contributed by atoms with Crippen molar-refractivity contribution in [3.63, 3.8) is 0 Å². The van der Waals surface area contributed by atoms with E-state index in [0.717, 1.165) is 11.8 Å². The molecule has 1 aromatic heterocycles. The van der Waals surface area contributed by atoms with Crippen LogP contribution in [0.5, 0.6) is 0 Å². The summed E-state index contributed by atoms with van der Waals surface area (Å²) in [5.41, 5.74) is 0.685. The molecule has 21 heavy (non-hydrogen) atoms. The van der Waals surface area contributed by atoms with Crippen molar-refractivity contribution in [3.8, 4) is 5.69 Å². The topological polar surface area (TPSA) is 68.0 Å². The zero-order valence-electron chi connectivity index (χ0n) is 11.4. The van der Waals surface area contributed by atoms with E-state index in [2.05, 4.69) is 26.1 Å². The van der Waals surface area contributed by atoms with Crippen molar-refractivity contribution in [2.24, 2.45) is 0 Å². The van der Waals surface area contributed by atoms with Crippen LogP contribution in [0.3, 0.4) is 0 Å². The van der Waals surface area contributed by atoms with Crippen LogP contribution in [0.4, 0.5) is 4.39 Å². The predicted octanol–water partition coefficient (Wildman–Crippen LogP) is 3.47. The highest BCUT2D eigenvalue weighted by Crippen LogP contribution is 2.28. The number of carboxylic acid groups (broad SMARTS) is 1. The van der Waals surface area contributed by atoms with Gasteiger partial charge in [-0.1, -0.05) is 25.6 Å². The molecule has 0 saturated carbocycles. The fourth-order valence-electron chi connectivity index (χ4n) is 1.74. The molecule has 2 rings (SSSR count). The smallest absolute Gasteiger partial charge is 0.313 e. The van der Waals surface area contributed by atoms with Crippen LogP contribution in [0.2, 0.25) is 0 Å². The Morgan fingerprint density at radius 2 is 2.19 bits per heavy atom. The summed E-state index contributed by atoms with van der Waals surface area (Å²) in [4.78, 5) is 10.7. The van der Waals surface area contributed by atoms with E-state index in [1.54, 1.807) is 16.7 Å². The van der Waals surface area contributed by atoms with E-state index >= 15 is 0 Å². The number of halogens is 2. The van der Waals surface area contributed by atoms with Crippen LogP contribution in [0, 0.1) is 5.82 Å². The number of benzene rings is 1. The number of hydrogen-bond donors (Lipinski definition) is 1. The fourth-order valence-corrected chi connectivity index (χ4v) is 2.79. The van der Waals surface area contributed by atoms with Gasteiger partial charge in [-0.25, -0.2) is 4.39 Å². The summed E-state index contributed by atoms with van der Waals surface area (Å²) < 4.78 is 15.5. The van der Waals surface area contributed by atoms with E-state index in [4.69, 9.17) is 5.11 Å². The molecule has 2 aromatic rings. The first-order valence-electron chi connectivity index (χ1n) is 6.15. The molecule has 0 aliphatic carbocycles. The normalized spacial score (nSPS) is 11.1. The quantitative estimate of drug-likeness (QED) is 0.812. The molecule has 1 N–H and O–H groups in total. The van der Waals surface area contributed by atoms with E-state index in [0.29, 0.717) is 21.1 Å². The van der Waals surface area contributed by atoms with Gasteiger partial charge in [-0.2, -0.15) is 0 Å². The van der Waals surface area contributed by atoms with Gasteiger partial charge in [-0.15, -0.1) is 10.2 Å². The van der Waals surface area contributed by atoms with Crippen molar-refractivity contribution in [2.45, 2.75) is 24.9 Å². The van der Waals surface area contributed by atoms with Crippen molar-refractivity contribution in [1.82, 2.24) is 14.8 Å². The Labute approximate surface area is 133 Å². The van der Waals surface area contributed by atoms with Crippen LogP contribution in [-0.2, 0) is 4.79 Å². The molecule has 112 valence electrons. The maximum Gasteiger partial charge on any atom is 0.313 e. The maximum absolute atomic E-state index is 13.4. The molecular formula is C13H13BrFN3O2S. The third-order valence-corrected chi connectivity index (χ3v) is 4.18. The highest BCUT2D eigenvalue weighted by Gasteiger charge is 2.18. The van der Waals surface area contributed by atoms with Crippen molar-refractivity contribution >= 4 is 33.7 Å². The molecule has 0 bridgehead atoms. The third-order valence-electron chi connectivity index (χ3n) is 2.66. The molecule has 0 aliphatic rings. The van der Waals surface area contributed by atoms with Crippen molar-refractivity contribution in [2.75, 3.05) is 5.75 Å². The summed E-state index contributed by atoms with van der Waals surface area (Å²) in [6.07, 6.45) is 0. The van der Waals surface area contributed by atoms with Gasteiger partial charge in [-0.3, -0.25) is 9.36 Å². The average molecular weight is 374 g/mol. The number of aromatic nitrogens is 3. The maximum atomic E-state index is 13.4. The summed E-state index contributed by atoms with van der Waals surface area (Å²) in [5.74, 6) is -0.612. The van der Waals surface area contributed by atoms with Gasteiger partial charge in [-0.05, 0) is 34.1 Å². The molecule has 0 radical (unpaired) electrons. The van der Waals surface area contributed by atoms with Crippen LogP contribution < -0.4 is 0 Å². The lowest BCUT2D eigenvalue weighted by molar-refractivity contribution is -0.133. The van der Waals surface area contributed by atoms with Gasteiger partial charge in [0.05, 0.1) is 15.9 Å². The minimum atomic E-state index is -0.930. The first-order valence-corrected chi connectivity index (χ1v) is 7.93. The summed E-state index contributed by atoms with van der Waals surface area (Å²) in [5, 5.41) is 17.4. The Morgan fingerprint density at radius 1 is 1.48 bits per heavy atom. The highest BCUT2D eigenvalue weighted by atomic mass is 79.9. The first-order chi connectivity index (χ1) is 9.90. The molecule has 0 fully saturated rings. The standard InChI is InChI=1S/C13H13BrFN3O2S/c1-7(2)12-16-17-13(21-6-11(19)20)18(12)8-3-4-10(15)9(14)5-8/h3-5,7H,6H2,1-2H3,(H,19,20). The number of carboxylic acids is 1. The number of hydrogen-bond acceptors (Lipinski definition) is 4. The average Bonchev–Trinajstić information content (AvgIpc) is 2.83.